The van der Waals surface area contributed by atoms with E-state index in [9.17, 15) is 10.1 Å². The smallest absolute Gasteiger partial charge is 0.410 e. The zero-order valence-electron chi connectivity index (χ0n) is 15.0. The first-order valence-corrected chi connectivity index (χ1v) is 9.39. The molecule has 134 valence electrons. The normalized spacial score (nSPS) is 26.0. The fourth-order valence-corrected chi connectivity index (χ4v) is 4.78. The lowest BCUT2D eigenvalue weighted by molar-refractivity contribution is -0.104. The van der Waals surface area contributed by atoms with Gasteiger partial charge in [0.15, 0.2) is 0 Å². The third-order valence-corrected chi connectivity index (χ3v) is 5.95. The predicted octanol–water partition coefficient (Wildman–Crippen LogP) is 3.97. The van der Waals surface area contributed by atoms with E-state index in [0.717, 1.165) is 16.2 Å². The van der Waals surface area contributed by atoms with Gasteiger partial charge in [0, 0.05) is 17.8 Å². The van der Waals surface area contributed by atoms with E-state index in [4.69, 9.17) is 9.47 Å². The molecule has 0 N–H and O–H groups in total. The summed E-state index contributed by atoms with van der Waals surface area (Å²) in [5, 5.41) is 9.23. The summed E-state index contributed by atoms with van der Waals surface area (Å²) in [6.07, 6.45) is 3.67. The number of ether oxygens (including phenoxy) is 2. The van der Waals surface area contributed by atoms with Crippen LogP contribution in [0.5, 0.6) is 0 Å². The van der Waals surface area contributed by atoms with Gasteiger partial charge in [-0.1, -0.05) is 6.08 Å². The van der Waals surface area contributed by atoms with Crippen LogP contribution in [-0.4, -0.2) is 35.8 Å². The van der Waals surface area contributed by atoms with Crippen LogP contribution in [0.15, 0.2) is 18.7 Å². The van der Waals surface area contributed by atoms with E-state index in [1.54, 1.807) is 11.0 Å². The molecule has 3 rings (SSSR count). The van der Waals surface area contributed by atoms with Crippen LogP contribution in [0, 0.1) is 11.3 Å². The van der Waals surface area contributed by atoms with Crippen molar-refractivity contribution in [3.63, 3.8) is 0 Å². The minimum atomic E-state index is -0.526. The van der Waals surface area contributed by atoms with Gasteiger partial charge in [0.25, 0.3) is 0 Å². The Balaban J connectivity index is 1.85. The molecule has 0 aromatic carbocycles. The minimum absolute atomic E-state index is 0.151. The Morgan fingerprint density at radius 3 is 3.00 bits per heavy atom. The third kappa shape index (κ3) is 3.44. The molecule has 2 aliphatic heterocycles. The number of carbonyl (C=O) groups excluding carboxylic acids is 1. The summed E-state index contributed by atoms with van der Waals surface area (Å²) in [6.45, 7) is 10.7. The third-order valence-electron chi connectivity index (χ3n) is 4.68. The van der Waals surface area contributed by atoms with Crippen molar-refractivity contribution in [2.24, 2.45) is 0 Å². The van der Waals surface area contributed by atoms with Gasteiger partial charge in [-0.2, -0.15) is 5.26 Å². The number of nitriles is 1. The number of rotatable bonds is 1. The van der Waals surface area contributed by atoms with Crippen LogP contribution in [0.1, 0.15) is 48.9 Å². The molecule has 2 atom stereocenters. The summed E-state index contributed by atoms with van der Waals surface area (Å²) >= 11 is 1.52. The summed E-state index contributed by atoms with van der Waals surface area (Å²) in [7, 11) is 0. The summed E-state index contributed by atoms with van der Waals surface area (Å²) in [6, 6.07) is 4.07. The number of nitrogens with zero attached hydrogens (tertiary/aromatic N) is 2. The van der Waals surface area contributed by atoms with Gasteiger partial charge in [0.2, 0.25) is 0 Å². The Bertz CT molecular complexity index is 728. The molecule has 3 heterocycles. The lowest BCUT2D eigenvalue weighted by Gasteiger charge is -2.47. The number of fused-ring (bicyclic) bond motifs is 2. The Morgan fingerprint density at radius 2 is 2.36 bits per heavy atom. The van der Waals surface area contributed by atoms with Crippen molar-refractivity contribution in [2.45, 2.75) is 57.3 Å². The fourth-order valence-electron chi connectivity index (χ4n) is 3.59. The second kappa shape index (κ2) is 6.47. The molecule has 1 amide bonds. The van der Waals surface area contributed by atoms with Gasteiger partial charge in [-0.15, -0.1) is 17.9 Å². The Kier molecular flexibility index (Phi) is 4.65. The van der Waals surface area contributed by atoms with E-state index < -0.39 is 11.2 Å². The molecular weight excluding hydrogens is 336 g/mol. The Labute approximate surface area is 152 Å². The van der Waals surface area contributed by atoms with E-state index in [1.807, 2.05) is 26.8 Å². The summed E-state index contributed by atoms with van der Waals surface area (Å²) in [5.41, 5.74) is 0.258. The molecule has 25 heavy (non-hydrogen) atoms. The molecule has 0 bridgehead atoms. The molecule has 1 fully saturated rings. The number of hydrogen-bond acceptors (Lipinski definition) is 5. The van der Waals surface area contributed by atoms with Crippen molar-refractivity contribution in [3.8, 4) is 6.07 Å². The highest BCUT2D eigenvalue weighted by Gasteiger charge is 2.47. The first-order chi connectivity index (χ1) is 11.8. The second-order valence-corrected chi connectivity index (χ2v) is 8.65. The maximum Gasteiger partial charge on any atom is 0.410 e. The van der Waals surface area contributed by atoms with Crippen LogP contribution in [-0.2, 0) is 21.5 Å². The standard InChI is InChI=1S/C19H24N2O3S/c1-5-14-11-19(7-8-21(14)17(22)24-18(2,3)4)16-13(6-9-23-19)10-15(12-20)25-16/h5,10,14H,1,6-9,11H2,2-4H3/t14-,19+/m0/s1. The van der Waals surface area contributed by atoms with Crippen LogP contribution < -0.4 is 0 Å². The molecule has 6 heteroatoms. The number of likely N-dealkylation sites (tertiary alicyclic amines) is 1. The predicted molar refractivity (Wildman–Crippen MR) is 96.5 cm³/mol. The van der Waals surface area contributed by atoms with Gasteiger partial charge in [0.1, 0.15) is 22.1 Å². The minimum Gasteiger partial charge on any atom is -0.444 e. The summed E-state index contributed by atoms with van der Waals surface area (Å²) in [5.74, 6) is 0. The second-order valence-electron chi connectivity index (χ2n) is 7.60. The largest absolute Gasteiger partial charge is 0.444 e. The van der Waals surface area contributed by atoms with Crippen molar-refractivity contribution >= 4 is 17.4 Å². The topological polar surface area (TPSA) is 62.6 Å². The van der Waals surface area contributed by atoms with Crippen LogP contribution in [0.4, 0.5) is 4.79 Å². The highest BCUT2D eigenvalue weighted by molar-refractivity contribution is 7.12. The molecule has 5 nitrogen and oxygen atoms in total. The SMILES string of the molecule is C=C[C@H]1C[C@@]2(CCN1C(=O)OC(C)(C)C)OCCc1cc(C#N)sc12. The first-order valence-electron chi connectivity index (χ1n) is 8.57. The van der Waals surface area contributed by atoms with Crippen LogP contribution >= 0.6 is 11.3 Å². The van der Waals surface area contributed by atoms with Crippen molar-refractivity contribution < 1.29 is 14.3 Å². The molecule has 1 aromatic heterocycles. The van der Waals surface area contributed by atoms with E-state index in [0.29, 0.717) is 26.0 Å². The van der Waals surface area contributed by atoms with Crippen molar-refractivity contribution in [3.05, 3.63) is 34.0 Å². The zero-order chi connectivity index (χ0) is 18.2. The van der Waals surface area contributed by atoms with Gasteiger partial charge in [-0.3, -0.25) is 0 Å². The van der Waals surface area contributed by atoms with Gasteiger partial charge in [-0.05, 0) is 45.2 Å². The fraction of sp³-hybridized carbons (Fsp3) is 0.579. The van der Waals surface area contributed by atoms with Gasteiger partial charge in [0.05, 0.1) is 12.6 Å². The highest BCUT2D eigenvalue weighted by atomic mass is 32.1. The molecule has 0 radical (unpaired) electrons. The van der Waals surface area contributed by atoms with Crippen LogP contribution in [0.25, 0.3) is 0 Å². The number of hydrogen-bond donors (Lipinski definition) is 0. The van der Waals surface area contributed by atoms with E-state index in [-0.39, 0.29) is 12.1 Å². The van der Waals surface area contributed by atoms with Crippen LogP contribution in [0.2, 0.25) is 0 Å². The van der Waals surface area contributed by atoms with Gasteiger partial charge in [-0.25, -0.2) is 4.79 Å². The number of piperidine rings is 1. The zero-order valence-corrected chi connectivity index (χ0v) is 15.8. The Hall–Kier alpha value is -1.84. The molecule has 0 saturated carbocycles. The summed E-state index contributed by atoms with van der Waals surface area (Å²) in [4.78, 5) is 16.1. The Morgan fingerprint density at radius 1 is 1.60 bits per heavy atom. The lowest BCUT2D eigenvalue weighted by Crippen LogP contribution is -2.53. The lowest BCUT2D eigenvalue weighted by atomic mass is 9.81. The molecule has 0 unspecified atom stereocenters. The van der Waals surface area contributed by atoms with Crippen molar-refractivity contribution in [1.29, 1.82) is 5.26 Å². The average Bonchev–Trinajstić information content (AvgIpc) is 2.98. The van der Waals surface area contributed by atoms with E-state index in [1.165, 1.54) is 16.9 Å². The quantitative estimate of drug-likeness (QED) is 0.711. The molecule has 1 spiro atoms. The van der Waals surface area contributed by atoms with Gasteiger partial charge < -0.3 is 14.4 Å². The average molecular weight is 360 g/mol. The maximum atomic E-state index is 12.5. The number of carbonyl (C=O) groups is 1. The molecular formula is C19H24N2O3S. The van der Waals surface area contributed by atoms with Crippen LogP contribution in [0.3, 0.4) is 0 Å². The molecule has 1 aromatic rings. The maximum absolute atomic E-state index is 12.5. The first kappa shape index (κ1) is 18.0. The van der Waals surface area contributed by atoms with Gasteiger partial charge >= 0.3 is 6.09 Å². The monoisotopic (exact) mass is 360 g/mol. The summed E-state index contributed by atoms with van der Waals surface area (Å²) < 4.78 is 11.8. The van der Waals surface area contributed by atoms with E-state index >= 15 is 0 Å². The highest BCUT2D eigenvalue weighted by Crippen LogP contribution is 2.47. The molecule has 2 aliphatic rings. The van der Waals surface area contributed by atoms with E-state index in [2.05, 4.69) is 12.6 Å². The van der Waals surface area contributed by atoms with Crippen molar-refractivity contribution in [2.75, 3.05) is 13.2 Å². The molecule has 1 saturated heterocycles. The number of thiophene rings is 1. The van der Waals surface area contributed by atoms with Crippen molar-refractivity contribution in [1.82, 2.24) is 4.90 Å². The molecule has 0 aliphatic carbocycles. The number of amides is 1.